The number of nitrogens with zero attached hydrogens (tertiary/aromatic N) is 2. The van der Waals surface area contributed by atoms with Gasteiger partial charge in [-0.1, -0.05) is 36.4 Å². The minimum absolute atomic E-state index is 0.0620. The number of para-hydroxylation sites is 1. The van der Waals surface area contributed by atoms with Crippen molar-refractivity contribution in [1.29, 1.82) is 0 Å². The second kappa shape index (κ2) is 9.82. The second-order valence-corrected chi connectivity index (χ2v) is 8.16. The average Bonchev–Trinajstić information content (AvgIpc) is 3.23. The van der Waals surface area contributed by atoms with Crippen LogP contribution in [0.25, 0.3) is 10.6 Å². The lowest BCUT2D eigenvalue weighted by Gasteiger charge is -2.26. The number of ether oxygens (including phenoxy) is 1. The van der Waals surface area contributed by atoms with Crippen molar-refractivity contribution in [3.05, 3.63) is 70.7 Å². The SMILES string of the molecule is O=C(Cc1csc(-c2ccc(CN3CCOCC3)cc2)n1)Nc1ccccc1C(=O)O. The first-order valence-electron chi connectivity index (χ1n) is 10.0. The third-order valence-corrected chi connectivity index (χ3v) is 5.98. The Morgan fingerprint density at radius 2 is 1.84 bits per heavy atom. The maximum atomic E-state index is 12.4. The molecule has 1 saturated heterocycles. The van der Waals surface area contributed by atoms with E-state index in [9.17, 15) is 14.7 Å². The number of rotatable bonds is 7. The molecule has 1 aliphatic rings. The van der Waals surface area contributed by atoms with E-state index >= 15 is 0 Å². The van der Waals surface area contributed by atoms with Gasteiger partial charge in [0.1, 0.15) is 5.01 Å². The molecule has 0 atom stereocenters. The van der Waals surface area contributed by atoms with Crippen LogP contribution in [0, 0.1) is 0 Å². The molecule has 2 N–H and O–H groups in total. The van der Waals surface area contributed by atoms with E-state index < -0.39 is 5.97 Å². The smallest absolute Gasteiger partial charge is 0.337 e. The summed E-state index contributed by atoms with van der Waals surface area (Å²) >= 11 is 1.49. The third-order valence-electron chi connectivity index (χ3n) is 5.04. The van der Waals surface area contributed by atoms with E-state index in [-0.39, 0.29) is 23.6 Å². The summed E-state index contributed by atoms with van der Waals surface area (Å²) in [6, 6.07) is 14.7. The number of aromatic carboxylic acids is 1. The number of carboxylic acids is 1. The van der Waals surface area contributed by atoms with Gasteiger partial charge in [0.15, 0.2) is 0 Å². The highest BCUT2D eigenvalue weighted by molar-refractivity contribution is 7.13. The Bertz CT molecular complexity index is 1060. The fraction of sp³-hybridized carbons (Fsp3) is 0.261. The molecule has 0 bridgehead atoms. The number of hydrogen-bond acceptors (Lipinski definition) is 6. The lowest BCUT2D eigenvalue weighted by atomic mass is 10.1. The van der Waals surface area contributed by atoms with Crippen molar-refractivity contribution in [2.24, 2.45) is 0 Å². The van der Waals surface area contributed by atoms with E-state index in [4.69, 9.17) is 4.74 Å². The number of hydrogen-bond donors (Lipinski definition) is 2. The molecule has 1 fully saturated rings. The van der Waals surface area contributed by atoms with Gasteiger partial charge >= 0.3 is 5.97 Å². The molecule has 31 heavy (non-hydrogen) atoms. The van der Waals surface area contributed by atoms with Crippen molar-refractivity contribution in [3.8, 4) is 10.6 Å². The fourth-order valence-electron chi connectivity index (χ4n) is 3.43. The maximum Gasteiger partial charge on any atom is 0.337 e. The zero-order valence-electron chi connectivity index (χ0n) is 16.9. The summed E-state index contributed by atoms with van der Waals surface area (Å²) in [6.07, 6.45) is 0.0829. The van der Waals surface area contributed by atoms with Gasteiger partial charge in [-0.15, -0.1) is 11.3 Å². The molecule has 4 rings (SSSR count). The molecule has 0 unspecified atom stereocenters. The highest BCUT2D eigenvalue weighted by Crippen LogP contribution is 2.25. The molecule has 2 aromatic carbocycles. The maximum absolute atomic E-state index is 12.4. The van der Waals surface area contributed by atoms with Gasteiger partial charge in [-0.3, -0.25) is 9.69 Å². The molecule has 0 spiro atoms. The van der Waals surface area contributed by atoms with Gasteiger partial charge in [0.05, 0.1) is 36.6 Å². The van der Waals surface area contributed by atoms with Crippen LogP contribution >= 0.6 is 11.3 Å². The van der Waals surface area contributed by atoms with Gasteiger partial charge in [0.25, 0.3) is 0 Å². The number of aromatic nitrogens is 1. The van der Waals surface area contributed by atoms with Crippen LogP contribution in [0.4, 0.5) is 5.69 Å². The monoisotopic (exact) mass is 437 g/mol. The van der Waals surface area contributed by atoms with Crippen LogP contribution in [0.3, 0.4) is 0 Å². The summed E-state index contributed by atoms with van der Waals surface area (Å²) < 4.78 is 5.39. The topological polar surface area (TPSA) is 91.8 Å². The molecule has 3 aromatic rings. The first kappa shape index (κ1) is 21.2. The number of anilines is 1. The molecule has 1 amide bonds. The Labute approximate surface area is 184 Å². The molecular formula is C23H23N3O4S. The first-order valence-corrected chi connectivity index (χ1v) is 10.9. The number of amides is 1. The Balaban J connectivity index is 1.37. The Hall–Kier alpha value is -3.07. The summed E-state index contributed by atoms with van der Waals surface area (Å²) in [6.45, 7) is 4.39. The molecule has 7 nitrogen and oxygen atoms in total. The number of benzene rings is 2. The molecular weight excluding hydrogens is 414 g/mol. The fourth-order valence-corrected chi connectivity index (χ4v) is 4.25. The average molecular weight is 438 g/mol. The molecule has 0 saturated carbocycles. The zero-order chi connectivity index (χ0) is 21.6. The number of carboxylic acid groups (broad SMARTS) is 1. The number of nitrogens with one attached hydrogen (secondary N) is 1. The zero-order valence-corrected chi connectivity index (χ0v) is 17.7. The van der Waals surface area contributed by atoms with Crippen molar-refractivity contribution in [2.45, 2.75) is 13.0 Å². The Morgan fingerprint density at radius 1 is 1.10 bits per heavy atom. The first-order chi connectivity index (χ1) is 15.1. The highest BCUT2D eigenvalue weighted by Gasteiger charge is 2.14. The summed E-state index contributed by atoms with van der Waals surface area (Å²) in [5.41, 5.74) is 3.26. The normalized spacial score (nSPS) is 14.3. The van der Waals surface area contributed by atoms with E-state index in [1.165, 1.54) is 23.0 Å². The molecule has 1 aliphatic heterocycles. The molecule has 2 heterocycles. The third kappa shape index (κ3) is 5.55. The van der Waals surface area contributed by atoms with Crippen LogP contribution in [-0.2, 0) is 22.5 Å². The lowest BCUT2D eigenvalue weighted by molar-refractivity contribution is -0.115. The predicted molar refractivity (Wildman–Crippen MR) is 119 cm³/mol. The number of carbonyl (C=O) groups is 2. The van der Waals surface area contributed by atoms with Crippen LogP contribution in [0.1, 0.15) is 21.6 Å². The Kier molecular flexibility index (Phi) is 6.71. The predicted octanol–water partition coefficient (Wildman–Crippen LogP) is 3.52. The standard InChI is InChI=1S/C23H23N3O4S/c27-21(25-20-4-2-1-3-19(20)23(28)29)13-18-15-31-22(24-18)17-7-5-16(6-8-17)14-26-9-11-30-12-10-26/h1-8,15H,9-14H2,(H,25,27)(H,28,29). The minimum Gasteiger partial charge on any atom is -0.478 e. The van der Waals surface area contributed by atoms with Gasteiger partial charge in [-0.25, -0.2) is 9.78 Å². The van der Waals surface area contributed by atoms with Gasteiger partial charge in [-0.2, -0.15) is 0 Å². The molecule has 160 valence electrons. The molecule has 0 aliphatic carbocycles. The van der Waals surface area contributed by atoms with Gasteiger partial charge in [0.2, 0.25) is 5.91 Å². The number of morpholine rings is 1. The molecule has 0 radical (unpaired) electrons. The van der Waals surface area contributed by atoms with E-state index in [0.717, 1.165) is 43.4 Å². The van der Waals surface area contributed by atoms with Crippen LogP contribution in [-0.4, -0.2) is 53.2 Å². The number of carbonyl (C=O) groups excluding carboxylic acids is 1. The van der Waals surface area contributed by atoms with Crippen LogP contribution < -0.4 is 5.32 Å². The van der Waals surface area contributed by atoms with Crippen LogP contribution in [0.5, 0.6) is 0 Å². The number of thiazole rings is 1. The largest absolute Gasteiger partial charge is 0.478 e. The van der Waals surface area contributed by atoms with Gasteiger partial charge < -0.3 is 15.2 Å². The van der Waals surface area contributed by atoms with Crippen LogP contribution in [0.2, 0.25) is 0 Å². The van der Waals surface area contributed by atoms with E-state index in [1.54, 1.807) is 18.2 Å². The molecule has 8 heteroatoms. The van der Waals surface area contributed by atoms with Crippen molar-refractivity contribution < 1.29 is 19.4 Å². The Morgan fingerprint density at radius 3 is 2.58 bits per heavy atom. The van der Waals surface area contributed by atoms with Crippen molar-refractivity contribution >= 4 is 28.9 Å². The second-order valence-electron chi connectivity index (χ2n) is 7.31. The minimum atomic E-state index is -1.08. The van der Waals surface area contributed by atoms with Crippen LogP contribution in [0.15, 0.2) is 53.9 Å². The highest BCUT2D eigenvalue weighted by atomic mass is 32.1. The van der Waals surface area contributed by atoms with E-state index in [0.29, 0.717) is 5.69 Å². The van der Waals surface area contributed by atoms with Crippen molar-refractivity contribution in [2.75, 3.05) is 31.6 Å². The lowest BCUT2D eigenvalue weighted by Crippen LogP contribution is -2.35. The summed E-state index contributed by atoms with van der Waals surface area (Å²) in [5.74, 6) is -1.38. The van der Waals surface area contributed by atoms with Gasteiger partial charge in [0, 0.05) is 30.6 Å². The van der Waals surface area contributed by atoms with Gasteiger partial charge in [-0.05, 0) is 17.7 Å². The van der Waals surface area contributed by atoms with Crippen molar-refractivity contribution in [3.63, 3.8) is 0 Å². The van der Waals surface area contributed by atoms with E-state index in [2.05, 4.69) is 39.5 Å². The van der Waals surface area contributed by atoms with E-state index in [1.807, 2.05) is 5.38 Å². The van der Waals surface area contributed by atoms with Crippen molar-refractivity contribution in [1.82, 2.24) is 9.88 Å². The summed E-state index contributed by atoms with van der Waals surface area (Å²) in [5, 5.41) is 14.6. The summed E-state index contributed by atoms with van der Waals surface area (Å²) in [4.78, 5) is 30.6. The molecule has 1 aromatic heterocycles. The quantitative estimate of drug-likeness (QED) is 0.588. The summed E-state index contributed by atoms with van der Waals surface area (Å²) in [7, 11) is 0.